The van der Waals surface area contributed by atoms with Crippen molar-refractivity contribution in [3.8, 4) is 11.5 Å². The van der Waals surface area contributed by atoms with Gasteiger partial charge < -0.3 is 14.8 Å². The van der Waals surface area contributed by atoms with Gasteiger partial charge in [-0.1, -0.05) is 29.5 Å². The fourth-order valence-electron chi connectivity index (χ4n) is 3.97. The second kappa shape index (κ2) is 11.7. The van der Waals surface area contributed by atoms with Gasteiger partial charge in [0.25, 0.3) is 5.91 Å². The average molecular weight is 576 g/mol. The maximum atomic E-state index is 12.8. The zero-order valence-electron chi connectivity index (χ0n) is 20.2. The van der Waals surface area contributed by atoms with E-state index in [4.69, 9.17) is 9.47 Å². The standard InChI is InChI=1S/C24H25N5O6S3/c30-21(25-17-6-9-19-20(14-17)35-13-12-34-19)15-36-24-28-27-23(37-24)26-22(31)16-4-7-18(8-5-16)38(32,33)29-10-2-1-3-11-29/h4-9,14H,1-3,10-13,15H2,(H,25,30)(H,26,27,31). The molecule has 0 spiro atoms. The van der Waals surface area contributed by atoms with Crippen LogP contribution in [0.4, 0.5) is 10.8 Å². The molecule has 1 aromatic heterocycles. The summed E-state index contributed by atoms with van der Waals surface area (Å²) in [5.41, 5.74) is 0.894. The topological polar surface area (TPSA) is 140 Å². The molecular formula is C24H25N5O6S3. The van der Waals surface area contributed by atoms with Crippen LogP contribution in [0.5, 0.6) is 11.5 Å². The van der Waals surface area contributed by atoms with E-state index in [1.807, 2.05) is 0 Å². The molecule has 0 unspecified atom stereocenters. The minimum atomic E-state index is -3.56. The number of piperidine rings is 1. The van der Waals surface area contributed by atoms with Gasteiger partial charge in [-0.15, -0.1) is 10.2 Å². The Kier molecular flexibility index (Phi) is 8.12. The Hall–Kier alpha value is -3.20. The lowest BCUT2D eigenvalue weighted by atomic mass is 10.2. The molecule has 3 aromatic rings. The minimum absolute atomic E-state index is 0.101. The zero-order chi connectivity index (χ0) is 26.5. The first-order valence-electron chi connectivity index (χ1n) is 12.0. The van der Waals surface area contributed by atoms with E-state index < -0.39 is 15.9 Å². The number of carbonyl (C=O) groups excluding carboxylic acids is 2. The van der Waals surface area contributed by atoms with Crippen LogP contribution in [0.1, 0.15) is 29.6 Å². The lowest BCUT2D eigenvalue weighted by Crippen LogP contribution is -2.35. The number of hydrogen-bond acceptors (Lipinski definition) is 10. The number of fused-ring (bicyclic) bond motifs is 1. The van der Waals surface area contributed by atoms with Crippen LogP contribution in [0, 0.1) is 0 Å². The number of rotatable bonds is 8. The van der Waals surface area contributed by atoms with Crippen LogP contribution in [-0.2, 0) is 14.8 Å². The summed E-state index contributed by atoms with van der Waals surface area (Å²) in [6.07, 6.45) is 2.74. The van der Waals surface area contributed by atoms with E-state index in [0.29, 0.717) is 53.4 Å². The number of sulfonamides is 1. The number of aromatic nitrogens is 2. The highest BCUT2D eigenvalue weighted by atomic mass is 32.2. The Morgan fingerprint density at radius 3 is 2.45 bits per heavy atom. The maximum absolute atomic E-state index is 12.8. The third kappa shape index (κ3) is 6.26. The Labute approximate surface area is 228 Å². The number of thioether (sulfide) groups is 1. The molecule has 2 aromatic carbocycles. The summed E-state index contributed by atoms with van der Waals surface area (Å²) in [5.74, 6) is 0.669. The van der Waals surface area contributed by atoms with Crippen molar-refractivity contribution in [1.82, 2.24) is 14.5 Å². The molecule has 0 radical (unpaired) electrons. The molecule has 2 aliphatic rings. The molecule has 2 N–H and O–H groups in total. The Morgan fingerprint density at radius 1 is 0.947 bits per heavy atom. The van der Waals surface area contributed by atoms with Gasteiger partial charge in [0, 0.05) is 30.4 Å². The third-order valence-corrected chi connectivity index (χ3v) is 9.73. The Balaban J connectivity index is 1.12. The molecule has 0 atom stereocenters. The van der Waals surface area contributed by atoms with Gasteiger partial charge in [-0.2, -0.15) is 4.31 Å². The van der Waals surface area contributed by atoms with E-state index in [0.717, 1.165) is 30.6 Å². The number of hydrogen-bond donors (Lipinski definition) is 2. The van der Waals surface area contributed by atoms with Gasteiger partial charge in [0.1, 0.15) is 13.2 Å². The molecule has 200 valence electrons. The molecule has 11 nitrogen and oxygen atoms in total. The number of benzene rings is 2. The second-order valence-corrected chi connectivity index (χ2v) is 12.6. The smallest absolute Gasteiger partial charge is 0.257 e. The first kappa shape index (κ1) is 26.4. The number of anilines is 2. The molecule has 14 heteroatoms. The molecule has 0 saturated carbocycles. The number of amides is 2. The fraction of sp³-hybridized carbons (Fsp3) is 0.333. The van der Waals surface area contributed by atoms with Crippen molar-refractivity contribution in [2.45, 2.75) is 28.5 Å². The van der Waals surface area contributed by atoms with Crippen molar-refractivity contribution in [2.75, 3.05) is 42.7 Å². The number of nitrogens with zero attached hydrogens (tertiary/aromatic N) is 3. The molecule has 0 aliphatic carbocycles. The first-order chi connectivity index (χ1) is 18.4. The van der Waals surface area contributed by atoms with Gasteiger partial charge in [0.15, 0.2) is 15.8 Å². The molecule has 1 fully saturated rings. The summed E-state index contributed by atoms with van der Waals surface area (Å²) < 4.78 is 38.6. The van der Waals surface area contributed by atoms with Crippen molar-refractivity contribution in [2.24, 2.45) is 0 Å². The maximum Gasteiger partial charge on any atom is 0.257 e. The summed E-state index contributed by atoms with van der Waals surface area (Å²) in [4.78, 5) is 25.2. The average Bonchev–Trinajstić information content (AvgIpc) is 3.39. The molecule has 5 rings (SSSR count). The van der Waals surface area contributed by atoms with Crippen LogP contribution in [0.15, 0.2) is 51.7 Å². The van der Waals surface area contributed by atoms with Gasteiger partial charge in [-0.25, -0.2) is 8.42 Å². The van der Waals surface area contributed by atoms with Crippen molar-refractivity contribution < 1.29 is 27.5 Å². The molecule has 3 heterocycles. The van der Waals surface area contributed by atoms with E-state index in [9.17, 15) is 18.0 Å². The van der Waals surface area contributed by atoms with Crippen LogP contribution < -0.4 is 20.1 Å². The number of ether oxygens (including phenoxy) is 2. The highest BCUT2D eigenvalue weighted by Gasteiger charge is 2.26. The summed E-state index contributed by atoms with van der Waals surface area (Å²) in [7, 11) is -3.56. The number of carbonyl (C=O) groups is 2. The Morgan fingerprint density at radius 2 is 1.68 bits per heavy atom. The molecule has 2 aliphatic heterocycles. The molecular weight excluding hydrogens is 550 g/mol. The first-order valence-corrected chi connectivity index (χ1v) is 15.2. The van der Waals surface area contributed by atoms with Crippen molar-refractivity contribution in [3.63, 3.8) is 0 Å². The van der Waals surface area contributed by atoms with Gasteiger partial charge in [-0.3, -0.25) is 14.9 Å². The van der Waals surface area contributed by atoms with Crippen LogP contribution in [0.2, 0.25) is 0 Å². The predicted molar refractivity (Wildman–Crippen MR) is 144 cm³/mol. The van der Waals surface area contributed by atoms with E-state index in [1.165, 1.54) is 40.3 Å². The van der Waals surface area contributed by atoms with Crippen LogP contribution in [-0.4, -0.2) is 66.8 Å². The largest absolute Gasteiger partial charge is 0.486 e. The van der Waals surface area contributed by atoms with E-state index in [1.54, 1.807) is 18.2 Å². The van der Waals surface area contributed by atoms with Crippen LogP contribution >= 0.6 is 23.1 Å². The number of nitrogens with one attached hydrogen (secondary N) is 2. The monoisotopic (exact) mass is 575 g/mol. The van der Waals surface area contributed by atoms with Crippen molar-refractivity contribution >= 4 is 55.8 Å². The summed E-state index contributed by atoms with van der Waals surface area (Å²) >= 11 is 2.33. The molecule has 0 bridgehead atoms. The summed E-state index contributed by atoms with van der Waals surface area (Å²) in [5, 5.41) is 13.7. The molecule has 38 heavy (non-hydrogen) atoms. The highest BCUT2D eigenvalue weighted by molar-refractivity contribution is 8.01. The van der Waals surface area contributed by atoms with Crippen LogP contribution in [0.25, 0.3) is 0 Å². The summed E-state index contributed by atoms with van der Waals surface area (Å²) in [6, 6.07) is 11.0. The van der Waals surface area contributed by atoms with E-state index >= 15 is 0 Å². The zero-order valence-corrected chi connectivity index (χ0v) is 22.7. The predicted octanol–water partition coefficient (Wildman–Crippen LogP) is 3.47. The quantitative estimate of drug-likeness (QED) is 0.305. The fourth-order valence-corrected chi connectivity index (χ4v) is 7.03. The van der Waals surface area contributed by atoms with Crippen LogP contribution in [0.3, 0.4) is 0 Å². The van der Waals surface area contributed by atoms with Crippen molar-refractivity contribution in [3.05, 3.63) is 48.0 Å². The SMILES string of the molecule is O=C(CSc1nnc(NC(=O)c2ccc(S(=O)(=O)N3CCCCC3)cc2)s1)Nc1ccc2c(c1)OCCO2. The van der Waals surface area contributed by atoms with Gasteiger partial charge in [-0.05, 0) is 49.2 Å². The normalized spacial score (nSPS) is 15.6. The highest BCUT2D eigenvalue weighted by Crippen LogP contribution is 2.33. The van der Waals surface area contributed by atoms with Crippen molar-refractivity contribution in [1.29, 1.82) is 0 Å². The van der Waals surface area contributed by atoms with E-state index in [2.05, 4.69) is 20.8 Å². The third-order valence-electron chi connectivity index (χ3n) is 5.85. The Bertz CT molecular complexity index is 1420. The molecule has 2 amide bonds. The van der Waals surface area contributed by atoms with Gasteiger partial charge in [0.05, 0.1) is 10.6 Å². The molecule has 1 saturated heterocycles. The van der Waals surface area contributed by atoms with E-state index in [-0.39, 0.29) is 21.7 Å². The lowest BCUT2D eigenvalue weighted by Gasteiger charge is -2.25. The van der Waals surface area contributed by atoms with Gasteiger partial charge >= 0.3 is 0 Å². The lowest BCUT2D eigenvalue weighted by molar-refractivity contribution is -0.113. The second-order valence-electron chi connectivity index (χ2n) is 8.51. The minimum Gasteiger partial charge on any atom is -0.486 e. The van der Waals surface area contributed by atoms with Gasteiger partial charge in [0.2, 0.25) is 21.1 Å². The summed E-state index contributed by atoms with van der Waals surface area (Å²) in [6.45, 7) is 1.99.